The first-order valence-electron chi connectivity index (χ1n) is 12.1. The van der Waals surface area contributed by atoms with Crippen LogP contribution in [0.25, 0.3) is 11.2 Å². The summed E-state index contributed by atoms with van der Waals surface area (Å²) in [6.45, 7) is 11.0. The zero-order valence-corrected chi connectivity index (χ0v) is 21.9. The fourth-order valence-electron chi connectivity index (χ4n) is 4.00. The normalized spacial score (nSPS) is 13.4. The lowest BCUT2D eigenvalue weighted by molar-refractivity contribution is -0.119. The molecule has 0 atom stereocenters. The van der Waals surface area contributed by atoms with Crippen molar-refractivity contribution in [3.63, 3.8) is 0 Å². The minimum atomic E-state index is -0.373. The number of carbonyl (C=O) groups is 1. The second-order valence-corrected chi connectivity index (χ2v) is 9.82. The molecule has 0 bridgehead atoms. The average Bonchev–Trinajstić information content (AvgIpc) is 3.18. The molecule has 0 aliphatic carbocycles. The van der Waals surface area contributed by atoms with Crippen LogP contribution in [0.15, 0.2) is 50.9 Å². The Morgan fingerprint density at radius 3 is 2.15 bits per heavy atom. The third kappa shape index (κ3) is 7.54. The van der Waals surface area contributed by atoms with E-state index >= 15 is 0 Å². The lowest BCUT2D eigenvalue weighted by atomic mass is 10.0. The van der Waals surface area contributed by atoms with Crippen molar-refractivity contribution in [3.8, 4) is 0 Å². The smallest absolute Gasteiger partial charge is 0.321 e. The molecule has 7 heteroatoms. The molecule has 0 aromatic carbocycles. The van der Waals surface area contributed by atoms with Crippen LogP contribution in [0.1, 0.15) is 73.1 Å². The standard InChI is InChI=1S/C27H40N4O3/c1-19(2)16-23(32)17-22(5)13-9-11-20(3)10-8-12-21(4)14-15-31-18-28-25-24(31)26(33)30(7)27(34)29(25)6/h10,13-14,18-19H,8-9,11-12,15-17H2,1-7H3/b20-10+,21-14+,22-13+. The molecule has 2 aromatic rings. The van der Waals surface area contributed by atoms with E-state index in [1.54, 1.807) is 17.9 Å². The molecule has 0 radical (unpaired) electrons. The molecule has 7 nitrogen and oxygen atoms in total. The maximum Gasteiger partial charge on any atom is 0.332 e. The number of rotatable bonds is 12. The highest BCUT2D eigenvalue weighted by Crippen LogP contribution is 2.14. The number of hydrogen-bond acceptors (Lipinski definition) is 4. The minimum Gasteiger partial charge on any atom is -0.321 e. The first kappa shape index (κ1) is 27.3. The summed E-state index contributed by atoms with van der Waals surface area (Å²) < 4.78 is 4.31. The molecule has 0 unspecified atom stereocenters. The Labute approximate surface area is 202 Å². The highest BCUT2D eigenvalue weighted by Gasteiger charge is 2.13. The van der Waals surface area contributed by atoms with Gasteiger partial charge in [-0.2, -0.15) is 0 Å². The van der Waals surface area contributed by atoms with Crippen LogP contribution in [0.3, 0.4) is 0 Å². The molecule has 0 amide bonds. The zero-order valence-electron chi connectivity index (χ0n) is 21.9. The number of nitrogens with zero attached hydrogens (tertiary/aromatic N) is 4. The summed E-state index contributed by atoms with van der Waals surface area (Å²) in [5.41, 5.74) is 3.92. The Bertz CT molecular complexity index is 1220. The van der Waals surface area contributed by atoms with Gasteiger partial charge in [0, 0.05) is 33.5 Å². The van der Waals surface area contributed by atoms with Gasteiger partial charge in [0.2, 0.25) is 0 Å². The maximum absolute atomic E-state index is 12.5. The number of aryl methyl sites for hydroxylation is 1. The number of carbonyl (C=O) groups excluding carboxylic acids is 1. The number of fused-ring (bicyclic) bond motifs is 1. The number of Topliss-reactive ketones (excluding diaryl/α,β-unsaturated/α-hetero) is 1. The molecule has 0 aliphatic heterocycles. The molecule has 0 spiro atoms. The maximum atomic E-state index is 12.5. The van der Waals surface area contributed by atoms with E-state index in [9.17, 15) is 14.4 Å². The number of allylic oxidation sites excluding steroid dienone is 6. The van der Waals surface area contributed by atoms with Crippen molar-refractivity contribution in [2.24, 2.45) is 20.0 Å². The molecular formula is C27H40N4O3. The molecule has 34 heavy (non-hydrogen) atoms. The predicted molar refractivity (Wildman–Crippen MR) is 139 cm³/mol. The second-order valence-electron chi connectivity index (χ2n) is 9.82. The Kier molecular flexibility index (Phi) is 10.0. The van der Waals surface area contributed by atoms with E-state index in [1.807, 2.05) is 6.92 Å². The average molecular weight is 469 g/mol. The Morgan fingerprint density at radius 2 is 1.53 bits per heavy atom. The van der Waals surface area contributed by atoms with E-state index in [1.165, 1.54) is 28.3 Å². The molecular weight excluding hydrogens is 428 g/mol. The predicted octanol–water partition coefficient (Wildman–Crippen LogP) is 4.84. The second kappa shape index (κ2) is 12.5. The van der Waals surface area contributed by atoms with Crippen LogP contribution in [-0.4, -0.2) is 24.5 Å². The van der Waals surface area contributed by atoms with E-state index in [2.05, 4.69) is 50.9 Å². The molecule has 0 N–H and O–H groups in total. The van der Waals surface area contributed by atoms with Crippen LogP contribution >= 0.6 is 0 Å². The van der Waals surface area contributed by atoms with Gasteiger partial charge in [0.15, 0.2) is 11.2 Å². The molecule has 0 aliphatic rings. The summed E-state index contributed by atoms with van der Waals surface area (Å²) in [5.74, 6) is 0.747. The monoisotopic (exact) mass is 468 g/mol. The van der Waals surface area contributed by atoms with Crippen LogP contribution in [0.2, 0.25) is 0 Å². The first-order valence-corrected chi connectivity index (χ1v) is 12.1. The van der Waals surface area contributed by atoms with Gasteiger partial charge in [-0.3, -0.25) is 18.7 Å². The summed E-state index contributed by atoms with van der Waals surface area (Å²) in [4.78, 5) is 40.8. The summed E-state index contributed by atoms with van der Waals surface area (Å²) in [5, 5.41) is 0. The van der Waals surface area contributed by atoms with Crippen LogP contribution < -0.4 is 11.2 Å². The number of imidazole rings is 1. The van der Waals surface area contributed by atoms with Gasteiger partial charge in [-0.15, -0.1) is 0 Å². The van der Waals surface area contributed by atoms with Crippen molar-refractivity contribution in [2.45, 2.75) is 79.7 Å². The molecule has 0 fully saturated rings. The van der Waals surface area contributed by atoms with Crippen LogP contribution in [0, 0.1) is 5.92 Å². The Balaban J connectivity index is 1.87. The van der Waals surface area contributed by atoms with Crippen LogP contribution in [0.5, 0.6) is 0 Å². The van der Waals surface area contributed by atoms with Crippen molar-refractivity contribution < 1.29 is 4.79 Å². The van der Waals surface area contributed by atoms with Gasteiger partial charge in [-0.05, 0) is 52.4 Å². The van der Waals surface area contributed by atoms with Gasteiger partial charge in [-0.1, -0.05) is 48.8 Å². The summed E-state index contributed by atoms with van der Waals surface area (Å²) in [7, 11) is 3.11. The van der Waals surface area contributed by atoms with Gasteiger partial charge in [0.05, 0.1) is 6.33 Å². The third-order valence-corrected chi connectivity index (χ3v) is 6.03. The van der Waals surface area contributed by atoms with Crippen molar-refractivity contribution in [3.05, 3.63) is 62.1 Å². The molecule has 2 aromatic heterocycles. The van der Waals surface area contributed by atoms with Crippen LogP contribution in [-0.2, 0) is 25.4 Å². The number of ketones is 1. The number of aromatic nitrogens is 4. The Morgan fingerprint density at radius 1 is 0.941 bits per heavy atom. The lowest BCUT2D eigenvalue weighted by Gasteiger charge is -2.06. The fourth-order valence-corrected chi connectivity index (χ4v) is 4.00. The van der Waals surface area contributed by atoms with E-state index in [0.29, 0.717) is 42.3 Å². The number of hydrogen-bond donors (Lipinski definition) is 0. The highest BCUT2D eigenvalue weighted by molar-refractivity contribution is 5.80. The molecule has 186 valence electrons. The topological polar surface area (TPSA) is 78.9 Å². The van der Waals surface area contributed by atoms with Gasteiger partial charge < -0.3 is 4.57 Å². The van der Waals surface area contributed by atoms with Gasteiger partial charge in [-0.25, -0.2) is 9.78 Å². The van der Waals surface area contributed by atoms with Crippen molar-refractivity contribution in [1.82, 2.24) is 18.7 Å². The SMILES string of the molecule is C/C(=C\CC/C(C)=C/Cn1cnc2c1c(=O)n(C)c(=O)n2C)CC/C=C(\C)CC(=O)CC(C)C. The Hall–Kier alpha value is -2.96. The van der Waals surface area contributed by atoms with Crippen molar-refractivity contribution in [1.29, 1.82) is 0 Å². The summed E-state index contributed by atoms with van der Waals surface area (Å²) >= 11 is 0. The minimum absolute atomic E-state index is 0.325. The van der Waals surface area contributed by atoms with E-state index in [4.69, 9.17) is 0 Å². The highest BCUT2D eigenvalue weighted by atomic mass is 16.2. The summed E-state index contributed by atoms with van der Waals surface area (Å²) in [6, 6.07) is 0. The molecule has 0 saturated heterocycles. The first-order chi connectivity index (χ1) is 16.0. The molecule has 0 saturated carbocycles. The van der Waals surface area contributed by atoms with Gasteiger partial charge >= 0.3 is 5.69 Å². The summed E-state index contributed by atoms with van der Waals surface area (Å²) in [6.07, 6.45) is 13.3. The molecule has 2 rings (SSSR count). The van der Waals surface area contributed by atoms with Crippen LogP contribution in [0.4, 0.5) is 0 Å². The van der Waals surface area contributed by atoms with E-state index < -0.39 is 0 Å². The van der Waals surface area contributed by atoms with Gasteiger partial charge in [0.1, 0.15) is 5.78 Å². The van der Waals surface area contributed by atoms with Crippen molar-refractivity contribution in [2.75, 3.05) is 0 Å². The van der Waals surface area contributed by atoms with E-state index in [-0.39, 0.29) is 11.2 Å². The quantitative estimate of drug-likeness (QED) is 0.418. The van der Waals surface area contributed by atoms with Gasteiger partial charge in [0.25, 0.3) is 5.56 Å². The third-order valence-electron chi connectivity index (χ3n) is 6.03. The fraction of sp³-hybridized carbons (Fsp3) is 0.556. The largest absolute Gasteiger partial charge is 0.332 e. The molecule has 2 heterocycles. The van der Waals surface area contributed by atoms with Crippen molar-refractivity contribution >= 4 is 16.9 Å². The van der Waals surface area contributed by atoms with E-state index in [0.717, 1.165) is 30.3 Å². The lowest BCUT2D eigenvalue weighted by Crippen LogP contribution is -2.37. The zero-order chi connectivity index (χ0) is 25.4.